The first kappa shape index (κ1) is 14.8. The van der Waals surface area contributed by atoms with E-state index in [4.69, 9.17) is 5.11 Å². The van der Waals surface area contributed by atoms with E-state index in [0.29, 0.717) is 18.5 Å². The number of carboxylic acid groups (broad SMARTS) is 1. The van der Waals surface area contributed by atoms with Crippen LogP contribution < -0.4 is 4.90 Å². The molecule has 1 saturated heterocycles. The van der Waals surface area contributed by atoms with Crippen molar-refractivity contribution in [3.63, 3.8) is 0 Å². The van der Waals surface area contributed by atoms with Gasteiger partial charge in [-0.2, -0.15) is 0 Å². The molecule has 1 saturated carbocycles. The largest absolute Gasteiger partial charge is 0.478 e. The Morgan fingerprint density at radius 2 is 1.95 bits per heavy atom. The van der Waals surface area contributed by atoms with Gasteiger partial charge in [0.05, 0.1) is 16.7 Å². The van der Waals surface area contributed by atoms with Crippen molar-refractivity contribution in [3.8, 4) is 0 Å². The summed E-state index contributed by atoms with van der Waals surface area (Å²) in [5, 5.41) is 9.10. The zero-order chi connectivity index (χ0) is 16.3. The number of imide groups is 1. The van der Waals surface area contributed by atoms with Crippen molar-refractivity contribution in [1.82, 2.24) is 0 Å². The van der Waals surface area contributed by atoms with Gasteiger partial charge in [-0.3, -0.25) is 9.59 Å². The molecule has 2 amide bonds. The maximum atomic E-state index is 13.0. The summed E-state index contributed by atoms with van der Waals surface area (Å²) in [7, 11) is 0. The monoisotopic (exact) mass is 301 g/mol. The lowest BCUT2D eigenvalue weighted by Crippen LogP contribution is -2.59. The Morgan fingerprint density at radius 1 is 1.27 bits per heavy atom. The van der Waals surface area contributed by atoms with Crippen molar-refractivity contribution in [2.75, 3.05) is 4.90 Å². The molecule has 0 radical (unpaired) electrons. The molecule has 0 spiro atoms. The maximum Gasteiger partial charge on any atom is 0.335 e. The number of carbonyl (C=O) groups is 3. The van der Waals surface area contributed by atoms with E-state index in [0.717, 1.165) is 0 Å². The number of aromatic carboxylic acids is 1. The summed E-state index contributed by atoms with van der Waals surface area (Å²) >= 11 is 0. The highest BCUT2D eigenvalue weighted by Gasteiger charge is 2.64. The van der Waals surface area contributed by atoms with Crippen molar-refractivity contribution in [2.45, 2.75) is 33.6 Å². The first-order valence-electron chi connectivity index (χ1n) is 7.42. The van der Waals surface area contributed by atoms with Crippen LogP contribution in [0.3, 0.4) is 0 Å². The average molecular weight is 301 g/mol. The van der Waals surface area contributed by atoms with E-state index in [1.54, 1.807) is 12.1 Å². The van der Waals surface area contributed by atoms with E-state index in [2.05, 4.69) is 0 Å². The number of nitrogens with zero attached hydrogens (tertiary/aromatic N) is 1. The second kappa shape index (κ2) is 4.41. The van der Waals surface area contributed by atoms with Gasteiger partial charge in [0.2, 0.25) is 11.8 Å². The average Bonchev–Trinajstić information content (AvgIpc) is 2.63. The van der Waals surface area contributed by atoms with Gasteiger partial charge in [-0.1, -0.05) is 26.8 Å². The van der Waals surface area contributed by atoms with Crippen LogP contribution in [0.1, 0.15) is 44.0 Å². The number of hydrogen-bond acceptors (Lipinski definition) is 3. The van der Waals surface area contributed by atoms with Crippen LogP contribution in [0.15, 0.2) is 24.3 Å². The third kappa shape index (κ3) is 1.68. The fourth-order valence-electron chi connectivity index (χ4n) is 3.84. The van der Waals surface area contributed by atoms with Crippen molar-refractivity contribution in [1.29, 1.82) is 0 Å². The summed E-state index contributed by atoms with van der Waals surface area (Å²) < 4.78 is 0. The lowest BCUT2D eigenvalue weighted by atomic mass is 9.62. The molecule has 1 heterocycles. The van der Waals surface area contributed by atoms with Crippen LogP contribution in [-0.4, -0.2) is 22.9 Å². The predicted molar refractivity (Wildman–Crippen MR) is 80.5 cm³/mol. The molecular weight excluding hydrogens is 282 g/mol. The van der Waals surface area contributed by atoms with Gasteiger partial charge in [0.15, 0.2) is 0 Å². The number of anilines is 1. The Hall–Kier alpha value is -2.17. The summed E-state index contributed by atoms with van der Waals surface area (Å²) in [5.74, 6) is -1.72. The summed E-state index contributed by atoms with van der Waals surface area (Å²) in [6.45, 7) is 5.87. The molecule has 1 aromatic rings. The molecular formula is C17H19NO4. The maximum absolute atomic E-state index is 13.0. The molecule has 22 heavy (non-hydrogen) atoms. The zero-order valence-electron chi connectivity index (χ0n) is 12.9. The van der Waals surface area contributed by atoms with Gasteiger partial charge in [-0.15, -0.1) is 0 Å². The van der Waals surface area contributed by atoms with Crippen molar-refractivity contribution >= 4 is 23.5 Å². The van der Waals surface area contributed by atoms with E-state index in [1.165, 1.54) is 17.0 Å². The molecule has 5 nitrogen and oxygen atoms in total. The van der Waals surface area contributed by atoms with E-state index in [-0.39, 0.29) is 28.7 Å². The predicted octanol–water partition coefficient (Wildman–Crippen LogP) is 2.70. The number of rotatable bonds is 2. The second-order valence-electron chi connectivity index (χ2n) is 6.98. The highest BCUT2D eigenvalue weighted by molar-refractivity contribution is 6.20. The minimum absolute atomic E-state index is 0.0698. The Bertz CT molecular complexity index is 694. The van der Waals surface area contributed by atoms with E-state index in [1.807, 2.05) is 20.8 Å². The number of fused-ring (bicyclic) bond motifs is 2. The Morgan fingerprint density at radius 3 is 2.59 bits per heavy atom. The Labute approximate surface area is 128 Å². The molecule has 1 N–H and O–H groups in total. The minimum Gasteiger partial charge on any atom is -0.478 e. The van der Waals surface area contributed by atoms with Gasteiger partial charge in [0, 0.05) is 5.92 Å². The topological polar surface area (TPSA) is 74.7 Å². The smallest absolute Gasteiger partial charge is 0.335 e. The van der Waals surface area contributed by atoms with Gasteiger partial charge in [-0.25, -0.2) is 9.69 Å². The fourth-order valence-corrected chi connectivity index (χ4v) is 3.84. The van der Waals surface area contributed by atoms with Gasteiger partial charge >= 0.3 is 5.97 Å². The number of carbonyl (C=O) groups excluding carboxylic acids is 2. The molecule has 2 atom stereocenters. The van der Waals surface area contributed by atoms with Crippen LogP contribution in [0.5, 0.6) is 0 Å². The first-order valence-corrected chi connectivity index (χ1v) is 7.42. The number of piperidine rings is 1. The standard InChI is InChI=1S/C17H19NO4/c1-16(2)12-7-8-17(16,3)15(22)18(13(12)19)11-6-4-5-10(9-11)14(20)21/h4-6,9,12H,7-8H2,1-3H3,(H,20,21)/t12-,17+/m1/s1. The van der Waals surface area contributed by atoms with Gasteiger partial charge < -0.3 is 5.11 Å². The van der Waals surface area contributed by atoms with Gasteiger partial charge in [-0.05, 0) is 36.5 Å². The van der Waals surface area contributed by atoms with Crippen molar-refractivity contribution < 1.29 is 19.5 Å². The highest BCUT2D eigenvalue weighted by atomic mass is 16.4. The molecule has 1 aliphatic carbocycles. The lowest BCUT2D eigenvalue weighted by Gasteiger charge is -2.47. The molecule has 2 bridgehead atoms. The quantitative estimate of drug-likeness (QED) is 0.852. The molecule has 0 aromatic heterocycles. The molecule has 116 valence electrons. The number of benzene rings is 1. The SMILES string of the molecule is CC1(C)[C@@H]2CC[C@@]1(C)C(=O)N(c1cccc(C(=O)O)c1)C2=O. The first-order chi connectivity index (χ1) is 10.2. The molecule has 0 unspecified atom stereocenters. The summed E-state index contributed by atoms with van der Waals surface area (Å²) in [5.41, 5.74) is -0.545. The Kier molecular flexibility index (Phi) is 2.96. The highest BCUT2D eigenvalue weighted by Crippen LogP contribution is 2.60. The van der Waals surface area contributed by atoms with Gasteiger partial charge in [0.1, 0.15) is 0 Å². The lowest BCUT2D eigenvalue weighted by molar-refractivity contribution is -0.146. The molecule has 2 fully saturated rings. The zero-order valence-corrected chi connectivity index (χ0v) is 12.9. The molecule has 5 heteroatoms. The van der Waals surface area contributed by atoms with E-state index in [9.17, 15) is 14.4 Å². The van der Waals surface area contributed by atoms with Crippen LogP contribution in [0.25, 0.3) is 0 Å². The molecule has 3 rings (SSSR count). The van der Waals surface area contributed by atoms with Crippen molar-refractivity contribution in [2.24, 2.45) is 16.7 Å². The van der Waals surface area contributed by atoms with Crippen LogP contribution in [0.4, 0.5) is 5.69 Å². The number of hydrogen-bond donors (Lipinski definition) is 1. The third-order valence-electron chi connectivity index (χ3n) is 5.77. The van der Waals surface area contributed by atoms with E-state index < -0.39 is 11.4 Å². The molecule has 2 aliphatic rings. The van der Waals surface area contributed by atoms with Crippen LogP contribution in [0, 0.1) is 16.7 Å². The minimum atomic E-state index is -1.08. The Balaban J connectivity index is 2.10. The summed E-state index contributed by atoms with van der Waals surface area (Å²) in [6.07, 6.45) is 1.38. The third-order valence-corrected chi connectivity index (χ3v) is 5.77. The summed E-state index contributed by atoms with van der Waals surface area (Å²) in [4.78, 5) is 38.1. The second-order valence-corrected chi connectivity index (χ2v) is 6.98. The normalized spacial score (nSPS) is 29.8. The molecule has 1 aliphatic heterocycles. The van der Waals surface area contributed by atoms with Crippen LogP contribution in [-0.2, 0) is 9.59 Å². The van der Waals surface area contributed by atoms with E-state index >= 15 is 0 Å². The number of carboxylic acids is 1. The van der Waals surface area contributed by atoms with Crippen LogP contribution >= 0.6 is 0 Å². The van der Waals surface area contributed by atoms with Crippen molar-refractivity contribution in [3.05, 3.63) is 29.8 Å². The van der Waals surface area contributed by atoms with Crippen LogP contribution in [0.2, 0.25) is 0 Å². The van der Waals surface area contributed by atoms with Gasteiger partial charge in [0.25, 0.3) is 0 Å². The summed E-state index contributed by atoms with van der Waals surface area (Å²) in [6, 6.07) is 6.01. The molecule has 1 aromatic carbocycles. The number of amides is 2. The fraction of sp³-hybridized carbons (Fsp3) is 0.471.